The Balaban J connectivity index is 1.65. The number of amides is 2. The SMILES string of the molecule is C=CC1=C(C)c2cc3nc(cc4[nH]c(cc5[nH]c(cc1n2)c(C)c5CCC(=O)N[C@@H](CC(=O)O)C(=O)O)c(CCC(=O)N[C@@H](CC(=O)O)C(=O)O)c4C)[C@@]1(C)C3=CC=C(C(=O)OC)[C@H]1C(=O)OC. The number of carboxylic acids is 4. The number of allylic oxidation sites excluding steroid dienone is 6. The maximum absolute atomic E-state index is 13.9. The molecule has 3 aromatic rings. The Bertz CT molecular complexity index is 2970. The predicted octanol–water partition coefficient (Wildman–Crippen LogP) is 4.25. The van der Waals surface area contributed by atoms with Crippen molar-refractivity contribution in [2.24, 2.45) is 5.92 Å². The number of aromatic amines is 2. The van der Waals surface area contributed by atoms with Gasteiger partial charge in [0.1, 0.15) is 18.0 Å². The molecule has 8 N–H and O–H groups in total. The fourth-order valence-electron chi connectivity index (χ4n) is 8.88. The van der Waals surface area contributed by atoms with E-state index in [1.807, 2.05) is 13.8 Å². The van der Waals surface area contributed by atoms with E-state index in [0.29, 0.717) is 78.2 Å². The van der Waals surface area contributed by atoms with Gasteiger partial charge in [0.15, 0.2) is 0 Å². The number of H-pyrrole nitrogens is 2. The third-order valence-electron chi connectivity index (χ3n) is 12.5. The van der Waals surface area contributed by atoms with Crippen molar-refractivity contribution in [3.8, 4) is 0 Å². The first-order chi connectivity index (χ1) is 32.1. The van der Waals surface area contributed by atoms with Crippen molar-refractivity contribution in [2.45, 2.75) is 83.7 Å². The molecule has 8 bridgehead atoms. The number of nitrogens with zero attached hydrogens (tertiary/aromatic N) is 2. The van der Waals surface area contributed by atoms with Gasteiger partial charge in [-0.05, 0) is 98.2 Å². The molecule has 0 unspecified atom stereocenters. The van der Waals surface area contributed by atoms with Crippen LogP contribution in [0.5, 0.6) is 0 Å². The molecule has 2 aliphatic heterocycles. The topological polar surface area (TPSA) is 317 Å². The fourth-order valence-corrected chi connectivity index (χ4v) is 8.88. The van der Waals surface area contributed by atoms with E-state index in [4.69, 9.17) is 19.4 Å². The van der Waals surface area contributed by atoms with Crippen molar-refractivity contribution in [3.05, 3.63) is 99.7 Å². The van der Waals surface area contributed by atoms with Crippen LogP contribution in [0.3, 0.4) is 0 Å². The molecular formula is C48H50N6O14. The highest BCUT2D eigenvalue weighted by molar-refractivity contribution is 6.02. The lowest BCUT2D eigenvalue weighted by Crippen LogP contribution is -2.42. The van der Waals surface area contributed by atoms with Crippen LogP contribution in [0.1, 0.15) is 84.6 Å². The Morgan fingerprint density at radius 2 is 1.25 bits per heavy atom. The number of carbonyl (C=O) groups excluding carboxylic acids is 4. The Labute approximate surface area is 387 Å². The molecular weight excluding hydrogens is 885 g/mol. The zero-order valence-electron chi connectivity index (χ0n) is 38.0. The molecule has 0 radical (unpaired) electrons. The van der Waals surface area contributed by atoms with Crippen molar-refractivity contribution in [1.29, 1.82) is 0 Å². The summed E-state index contributed by atoms with van der Waals surface area (Å²) in [5.74, 6) is -10.1. The smallest absolute Gasteiger partial charge is 0.334 e. The van der Waals surface area contributed by atoms with Crippen LogP contribution in [0.25, 0.3) is 38.8 Å². The summed E-state index contributed by atoms with van der Waals surface area (Å²) in [4.78, 5) is 117. The zero-order valence-corrected chi connectivity index (χ0v) is 38.0. The maximum atomic E-state index is 13.9. The van der Waals surface area contributed by atoms with E-state index in [1.165, 1.54) is 20.3 Å². The van der Waals surface area contributed by atoms with E-state index in [0.717, 1.165) is 5.57 Å². The molecule has 0 saturated carbocycles. The largest absolute Gasteiger partial charge is 0.481 e. The standard InChI is InChI=1S/C48H50N6O14/c1-8-24-21(2)30-16-35-28-12-9-27(46(65)67-6)43(47(66)68-7)48(28,5)38(52-35)18-31-23(4)26(11-14-40(56)54-37(45(63)64)20-42(59)60)34(51-31)17-33-25(22(3)29(50-33)15-32(24)49-30)10-13-39(55)53-36(44(61)62)19-41(57)58/h8-9,12,15-18,36-37,43,50-51H,1,10-11,13-14,19-20H2,2-7H3,(H,53,55)(H,54,56)(H,57,58)(H,59,60)(H,61,62)(H,63,64)/t36-,37-,43-,48+/m0/s1. The number of esters is 2. The fraction of sp³-hybridized carbons (Fsp3) is 0.333. The van der Waals surface area contributed by atoms with Crippen LogP contribution in [-0.4, -0.2) is 114 Å². The van der Waals surface area contributed by atoms with Crippen LogP contribution in [0, 0.1) is 19.8 Å². The molecule has 2 amide bonds. The number of aryl methyl sites for hydroxylation is 4. The van der Waals surface area contributed by atoms with Gasteiger partial charge in [-0.25, -0.2) is 19.4 Å². The maximum Gasteiger partial charge on any atom is 0.334 e. The van der Waals surface area contributed by atoms with Gasteiger partial charge in [0.05, 0.1) is 60.8 Å². The summed E-state index contributed by atoms with van der Waals surface area (Å²) < 4.78 is 10.4. The van der Waals surface area contributed by atoms with Gasteiger partial charge in [0, 0.05) is 40.5 Å². The average molecular weight is 935 g/mol. The predicted molar refractivity (Wildman–Crippen MR) is 244 cm³/mol. The van der Waals surface area contributed by atoms with E-state index in [-0.39, 0.29) is 31.3 Å². The third kappa shape index (κ3) is 9.69. The van der Waals surface area contributed by atoms with Gasteiger partial charge in [0.25, 0.3) is 0 Å². The summed E-state index contributed by atoms with van der Waals surface area (Å²) >= 11 is 0. The summed E-state index contributed by atoms with van der Waals surface area (Å²) in [5.41, 5.74) is 6.89. The van der Waals surface area contributed by atoms with Crippen LogP contribution >= 0.6 is 0 Å². The van der Waals surface area contributed by atoms with E-state index >= 15 is 0 Å². The number of hydrogen-bond acceptors (Lipinski definition) is 12. The van der Waals surface area contributed by atoms with Gasteiger partial charge in [0.2, 0.25) is 11.8 Å². The third-order valence-corrected chi connectivity index (χ3v) is 12.5. The Morgan fingerprint density at radius 1 is 0.721 bits per heavy atom. The van der Waals surface area contributed by atoms with Crippen LogP contribution in [-0.2, 0) is 66.1 Å². The summed E-state index contributed by atoms with van der Waals surface area (Å²) in [7, 11) is 2.41. The molecule has 68 heavy (non-hydrogen) atoms. The van der Waals surface area contributed by atoms with E-state index in [1.54, 1.807) is 50.3 Å². The summed E-state index contributed by atoms with van der Waals surface area (Å²) in [6.07, 6.45) is 2.67. The minimum Gasteiger partial charge on any atom is -0.481 e. The average Bonchev–Trinajstić information content (AvgIpc) is 3.93. The summed E-state index contributed by atoms with van der Waals surface area (Å²) in [5, 5.41) is 42.2. The monoisotopic (exact) mass is 934 g/mol. The highest BCUT2D eigenvalue weighted by Crippen LogP contribution is 2.52. The number of aromatic nitrogens is 4. The minimum atomic E-state index is -1.69. The second kappa shape index (κ2) is 19.7. The molecule has 5 heterocycles. The molecule has 1 aliphatic carbocycles. The van der Waals surface area contributed by atoms with Gasteiger partial charge < -0.3 is 50.5 Å². The number of rotatable bonds is 17. The Hall–Kier alpha value is -8.16. The second-order valence-electron chi connectivity index (χ2n) is 16.7. The number of hydrogen-bond donors (Lipinski definition) is 8. The van der Waals surface area contributed by atoms with Crippen molar-refractivity contribution in [2.75, 3.05) is 14.2 Å². The van der Waals surface area contributed by atoms with E-state index < -0.39 is 83.9 Å². The molecule has 0 spiro atoms. The van der Waals surface area contributed by atoms with Crippen LogP contribution in [0.15, 0.2) is 54.6 Å². The van der Waals surface area contributed by atoms with Crippen molar-refractivity contribution >= 4 is 86.4 Å². The molecule has 0 aromatic carbocycles. The Kier molecular flexibility index (Phi) is 14.3. The molecule has 20 heteroatoms. The lowest BCUT2D eigenvalue weighted by molar-refractivity contribution is -0.149. The summed E-state index contributed by atoms with van der Waals surface area (Å²) in [6.45, 7) is 11.3. The second-order valence-corrected chi connectivity index (χ2v) is 16.7. The number of ether oxygens (including phenoxy) is 2. The van der Waals surface area contributed by atoms with E-state index in [9.17, 15) is 58.8 Å². The highest BCUT2D eigenvalue weighted by atomic mass is 16.5. The Morgan fingerprint density at radius 3 is 1.72 bits per heavy atom. The molecule has 0 saturated heterocycles. The molecule has 3 aromatic heterocycles. The van der Waals surface area contributed by atoms with Gasteiger partial charge in [-0.3, -0.25) is 29.0 Å². The minimum absolute atomic E-state index is 0.00816. The normalized spacial score (nSPS) is 17.1. The lowest BCUT2D eigenvalue weighted by Gasteiger charge is -2.36. The van der Waals surface area contributed by atoms with Crippen LogP contribution in [0.4, 0.5) is 0 Å². The quantitative estimate of drug-likeness (QED) is 0.0878. The number of carbonyl (C=O) groups is 8. The first-order valence-corrected chi connectivity index (χ1v) is 21.3. The van der Waals surface area contributed by atoms with E-state index in [2.05, 4.69) is 27.2 Å². The number of methoxy groups -OCH3 is 2. The molecule has 3 aliphatic rings. The van der Waals surface area contributed by atoms with Gasteiger partial charge in [-0.2, -0.15) is 0 Å². The lowest BCUT2D eigenvalue weighted by atomic mass is 9.64. The number of aliphatic carboxylic acids is 4. The molecule has 20 nitrogen and oxygen atoms in total. The highest BCUT2D eigenvalue weighted by Gasteiger charge is 2.53. The van der Waals surface area contributed by atoms with Gasteiger partial charge >= 0.3 is 35.8 Å². The van der Waals surface area contributed by atoms with Crippen molar-refractivity contribution in [3.63, 3.8) is 0 Å². The number of fused-ring (bicyclic) bond motifs is 11. The van der Waals surface area contributed by atoms with Crippen molar-refractivity contribution in [1.82, 2.24) is 30.6 Å². The first-order valence-electron chi connectivity index (χ1n) is 21.3. The van der Waals surface area contributed by atoms with Crippen molar-refractivity contribution < 1.29 is 68.3 Å². The van der Waals surface area contributed by atoms with Crippen LogP contribution < -0.4 is 10.6 Å². The van der Waals surface area contributed by atoms with Gasteiger partial charge in [-0.15, -0.1) is 0 Å². The van der Waals surface area contributed by atoms with Crippen LogP contribution in [0.2, 0.25) is 0 Å². The molecule has 6 rings (SSSR count). The zero-order chi connectivity index (χ0) is 49.9. The number of carboxylic acid groups (broad SMARTS) is 4. The number of nitrogens with one attached hydrogen (secondary N) is 4. The molecule has 4 atom stereocenters. The van der Waals surface area contributed by atoms with Gasteiger partial charge in [-0.1, -0.05) is 24.8 Å². The summed E-state index contributed by atoms with van der Waals surface area (Å²) in [6, 6.07) is 3.66. The molecule has 356 valence electrons. The molecule has 0 fully saturated rings. The first kappa shape index (κ1) is 49.3.